The van der Waals surface area contributed by atoms with Gasteiger partial charge < -0.3 is 4.90 Å². The van der Waals surface area contributed by atoms with Crippen LogP contribution in [0.1, 0.15) is 25.3 Å². The third-order valence-electron chi connectivity index (χ3n) is 5.07. The molecular formula is C20H17BrCl2N2O2. The number of rotatable bonds is 4. The zero-order valence-corrected chi connectivity index (χ0v) is 17.7. The number of halogens is 3. The van der Waals surface area contributed by atoms with Crippen LogP contribution >= 0.6 is 39.1 Å². The number of carbonyl (C=O) groups excluding carboxylic acids is 2. The Morgan fingerprint density at radius 3 is 2.22 bits per heavy atom. The zero-order chi connectivity index (χ0) is 19.3. The first-order valence-electron chi connectivity index (χ1n) is 8.68. The lowest BCUT2D eigenvalue weighted by Crippen LogP contribution is -2.50. The Balaban J connectivity index is 1.75. The van der Waals surface area contributed by atoms with Crippen molar-refractivity contribution in [2.24, 2.45) is 0 Å². The van der Waals surface area contributed by atoms with Crippen molar-refractivity contribution >= 4 is 56.8 Å². The van der Waals surface area contributed by atoms with Gasteiger partial charge in [-0.2, -0.15) is 0 Å². The molecule has 7 heteroatoms. The fourth-order valence-electron chi connectivity index (χ4n) is 3.70. The molecule has 2 aliphatic rings. The van der Waals surface area contributed by atoms with Crippen molar-refractivity contribution in [2.45, 2.75) is 37.8 Å². The fourth-order valence-corrected chi connectivity index (χ4v) is 4.48. The second-order valence-electron chi connectivity index (χ2n) is 7.23. The van der Waals surface area contributed by atoms with Gasteiger partial charge in [0.05, 0.1) is 5.69 Å². The van der Waals surface area contributed by atoms with E-state index >= 15 is 0 Å². The third kappa shape index (κ3) is 3.37. The number of imide groups is 1. The normalized spacial score (nSPS) is 22.7. The Hall–Kier alpha value is -1.56. The summed E-state index contributed by atoms with van der Waals surface area (Å²) >= 11 is 15.6. The topological polar surface area (TPSA) is 40.6 Å². The Morgan fingerprint density at radius 2 is 1.67 bits per heavy atom. The van der Waals surface area contributed by atoms with Crippen molar-refractivity contribution in [1.82, 2.24) is 4.90 Å². The van der Waals surface area contributed by atoms with Gasteiger partial charge in [0.1, 0.15) is 5.54 Å². The molecule has 1 saturated carbocycles. The molecule has 1 atom stereocenters. The number of carbonyl (C=O) groups is 2. The molecule has 2 aromatic rings. The van der Waals surface area contributed by atoms with Gasteiger partial charge in [-0.15, -0.1) is 0 Å². The van der Waals surface area contributed by atoms with Crippen molar-refractivity contribution in [3.63, 3.8) is 0 Å². The van der Waals surface area contributed by atoms with Crippen LogP contribution in [-0.2, 0) is 11.2 Å². The lowest BCUT2D eigenvalue weighted by atomic mass is 9.91. The van der Waals surface area contributed by atoms with E-state index in [9.17, 15) is 9.59 Å². The Kier molecular flexibility index (Phi) is 4.73. The molecule has 2 aromatic carbocycles. The standard InChI is InChI=1S/C20H17BrCl2N2O2/c1-20(11-12-2-4-13(21)5-3-12)18(26)24(19(27)25(20)16-6-7-16)17-9-14(22)8-15(23)10-17/h2-5,8-10,16H,6-7,11H2,1H3. The maximum Gasteiger partial charge on any atom is 0.332 e. The molecule has 0 aromatic heterocycles. The Morgan fingerprint density at radius 1 is 1.07 bits per heavy atom. The van der Waals surface area contributed by atoms with E-state index in [0.29, 0.717) is 22.2 Å². The number of nitrogens with zero attached hydrogens (tertiary/aromatic N) is 2. The molecule has 3 amide bonds. The monoisotopic (exact) mass is 466 g/mol. The zero-order valence-electron chi connectivity index (χ0n) is 14.6. The molecule has 1 aliphatic carbocycles. The molecule has 1 aliphatic heterocycles. The molecule has 140 valence electrons. The molecule has 1 saturated heterocycles. The van der Waals surface area contributed by atoms with E-state index in [1.165, 1.54) is 4.90 Å². The molecule has 0 N–H and O–H groups in total. The van der Waals surface area contributed by atoms with Crippen LogP contribution in [0.4, 0.5) is 10.5 Å². The van der Waals surface area contributed by atoms with Crippen LogP contribution < -0.4 is 4.90 Å². The van der Waals surface area contributed by atoms with Gasteiger partial charge in [-0.05, 0) is 55.7 Å². The molecule has 27 heavy (non-hydrogen) atoms. The van der Waals surface area contributed by atoms with Crippen molar-refractivity contribution in [1.29, 1.82) is 0 Å². The van der Waals surface area contributed by atoms with E-state index in [4.69, 9.17) is 23.2 Å². The molecule has 0 bridgehead atoms. The summed E-state index contributed by atoms with van der Waals surface area (Å²) in [6.07, 6.45) is 2.28. The molecule has 0 spiro atoms. The second kappa shape index (κ2) is 6.80. The van der Waals surface area contributed by atoms with Crippen LogP contribution in [0.3, 0.4) is 0 Å². The minimum absolute atomic E-state index is 0.0987. The molecule has 0 radical (unpaired) electrons. The summed E-state index contributed by atoms with van der Waals surface area (Å²) in [4.78, 5) is 29.6. The second-order valence-corrected chi connectivity index (χ2v) is 9.02. The van der Waals surface area contributed by atoms with Gasteiger partial charge >= 0.3 is 6.03 Å². The average Bonchev–Trinajstić information content (AvgIpc) is 3.38. The van der Waals surface area contributed by atoms with Gasteiger partial charge in [0.25, 0.3) is 5.91 Å². The highest BCUT2D eigenvalue weighted by atomic mass is 79.9. The van der Waals surface area contributed by atoms with Gasteiger partial charge in [-0.1, -0.05) is 51.3 Å². The van der Waals surface area contributed by atoms with Crippen molar-refractivity contribution in [3.05, 3.63) is 62.5 Å². The van der Waals surface area contributed by atoms with Gasteiger partial charge in [0.2, 0.25) is 0 Å². The maximum absolute atomic E-state index is 13.4. The van der Waals surface area contributed by atoms with Crippen LogP contribution in [0, 0.1) is 0 Å². The highest BCUT2D eigenvalue weighted by Crippen LogP contribution is 2.43. The number of anilines is 1. The highest BCUT2D eigenvalue weighted by Gasteiger charge is 2.58. The van der Waals surface area contributed by atoms with E-state index in [2.05, 4.69) is 15.9 Å². The maximum atomic E-state index is 13.4. The summed E-state index contributed by atoms with van der Waals surface area (Å²) in [6, 6.07) is 12.4. The Labute approximate surface area is 176 Å². The molecule has 4 nitrogen and oxygen atoms in total. The van der Waals surface area contributed by atoms with Crippen molar-refractivity contribution in [2.75, 3.05) is 4.90 Å². The number of benzene rings is 2. The van der Waals surface area contributed by atoms with Crippen molar-refractivity contribution < 1.29 is 9.59 Å². The molecule has 1 unspecified atom stereocenters. The molecule has 1 heterocycles. The van der Waals surface area contributed by atoms with Crippen molar-refractivity contribution in [3.8, 4) is 0 Å². The first kappa shape index (κ1) is 18.8. The van der Waals surface area contributed by atoms with Crippen LogP contribution in [0.5, 0.6) is 0 Å². The summed E-state index contributed by atoms with van der Waals surface area (Å²) in [5.41, 5.74) is 0.465. The van der Waals surface area contributed by atoms with Crippen LogP contribution in [0.15, 0.2) is 46.9 Å². The average molecular weight is 468 g/mol. The van der Waals surface area contributed by atoms with Gasteiger partial charge in [0.15, 0.2) is 0 Å². The van der Waals surface area contributed by atoms with Crippen LogP contribution in [-0.4, -0.2) is 28.4 Å². The summed E-state index contributed by atoms with van der Waals surface area (Å²) < 4.78 is 0.972. The van der Waals surface area contributed by atoms with E-state index in [-0.39, 0.29) is 18.0 Å². The number of hydrogen-bond acceptors (Lipinski definition) is 2. The summed E-state index contributed by atoms with van der Waals surface area (Å²) in [5, 5.41) is 0.773. The molecular weight excluding hydrogens is 451 g/mol. The summed E-state index contributed by atoms with van der Waals surface area (Å²) in [7, 11) is 0. The predicted octanol–water partition coefficient (Wildman–Crippen LogP) is 5.69. The third-order valence-corrected chi connectivity index (χ3v) is 6.04. The van der Waals surface area contributed by atoms with E-state index in [1.54, 1.807) is 23.1 Å². The van der Waals surface area contributed by atoms with E-state index in [0.717, 1.165) is 22.9 Å². The predicted molar refractivity (Wildman–Crippen MR) is 110 cm³/mol. The molecule has 2 fully saturated rings. The summed E-state index contributed by atoms with van der Waals surface area (Å²) in [5.74, 6) is -0.249. The largest absolute Gasteiger partial charge is 0.332 e. The lowest BCUT2D eigenvalue weighted by molar-refractivity contribution is -0.124. The van der Waals surface area contributed by atoms with Gasteiger partial charge in [-0.3, -0.25) is 4.79 Å². The fraction of sp³-hybridized carbons (Fsp3) is 0.300. The number of urea groups is 1. The van der Waals surface area contributed by atoms with Crippen LogP contribution in [0.2, 0.25) is 10.0 Å². The molecule has 4 rings (SSSR count). The number of amides is 3. The summed E-state index contributed by atoms with van der Waals surface area (Å²) in [6.45, 7) is 1.85. The smallest absolute Gasteiger partial charge is 0.306 e. The SMILES string of the molecule is CC1(Cc2ccc(Br)cc2)C(=O)N(c2cc(Cl)cc(Cl)c2)C(=O)N1C1CC1. The minimum atomic E-state index is -0.944. The quantitative estimate of drug-likeness (QED) is 0.542. The highest BCUT2D eigenvalue weighted by molar-refractivity contribution is 9.10. The Bertz CT molecular complexity index is 910. The lowest BCUT2D eigenvalue weighted by Gasteiger charge is -2.32. The number of hydrogen-bond donors (Lipinski definition) is 0. The first-order valence-corrected chi connectivity index (χ1v) is 10.2. The minimum Gasteiger partial charge on any atom is -0.306 e. The van der Waals surface area contributed by atoms with E-state index in [1.807, 2.05) is 31.2 Å². The van der Waals surface area contributed by atoms with Crippen LogP contribution in [0.25, 0.3) is 0 Å². The van der Waals surface area contributed by atoms with Gasteiger partial charge in [0, 0.05) is 27.0 Å². The van der Waals surface area contributed by atoms with E-state index < -0.39 is 5.54 Å². The first-order chi connectivity index (χ1) is 12.8. The van der Waals surface area contributed by atoms with Gasteiger partial charge in [-0.25, -0.2) is 9.69 Å².